The number of hydrogen-bond acceptors (Lipinski definition) is 4. The molecular formula is C22H28N2O2S. The Kier molecular flexibility index (Phi) is 5.62. The Labute approximate surface area is 165 Å². The highest BCUT2D eigenvalue weighted by Gasteiger charge is 2.27. The van der Waals surface area contributed by atoms with Gasteiger partial charge in [0.2, 0.25) is 0 Å². The predicted molar refractivity (Wildman–Crippen MR) is 111 cm³/mol. The van der Waals surface area contributed by atoms with E-state index in [2.05, 4.69) is 24.1 Å². The first-order valence-corrected chi connectivity index (χ1v) is 10.8. The summed E-state index contributed by atoms with van der Waals surface area (Å²) in [5, 5.41) is 4.26. The number of ether oxygens (including phenoxy) is 1. The zero-order chi connectivity index (χ0) is 18.8. The Balaban J connectivity index is 1.59. The third kappa shape index (κ3) is 4.26. The molecule has 5 heteroatoms. The molecule has 0 saturated carbocycles. The van der Waals surface area contributed by atoms with Gasteiger partial charge in [0.1, 0.15) is 5.00 Å². The van der Waals surface area contributed by atoms with Crippen molar-refractivity contribution in [3.63, 3.8) is 0 Å². The Hall–Kier alpha value is -1.69. The van der Waals surface area contributed by atoms with Crippen molar-refractivity contribution in [1.82, 2.24) is 4.90 Å². The SMILES string of the molecule is C[C@H]1CN(Cc2c(NC(=O)c3ccccc3)sc3c2CCCC3)C[C@H](C)O1. The molecule has 1 aliphatic carbocycles. The lowest BCUT2D eigenvalue weighted by Crippen LogP contribution is -2.45. The van der Waals surface area contributed by atoms with Crippen LogP contribution in [0.2, 0.25) is 0 Å². The number of fused-ring (bicyclic) bond motifs is 1. The second kappa shape index (κ2) is 8.13. The third-order valence-electron chi connectivity index (χ3n) is 5.42. The maximum absolute atomic E-state index is 12.7. The summed E-state index contributed by atoms with van der Waals surface area (Å²) in [6.45, 7) is 7.07. The fraction of sp³-hybridized carbons (Fsp3) is 0.500. The number of benzene rings is 1. The molecule has 0 unspecified atom stereocenters. The molecule has 27 heavy (non-hydrogen) atoms. The first kappa shape index (κ1) is 18.7. The smallest absolute Gasteiger partial charge is 0.256 e. The molecule has 2 heterocycles. The van der Waals surface area contributed by atoms with Gasteiger partial charge in [-0.05, 0) is 57.2 Å². The Morgan fingerprint density at radius 2 is 1.85 bits per heavy atom. The topological polar surface area (TPSA) is 41.6 Å². The van der Waals surface area contributed by atoms with E-state index in [9.17, 15) is 4.79 Å². The molecule has 1 aliphatic heterocycles. The van der Waals surface area contributed by atoms with Gasteiger partial charge in [-0.15, -0.1) is 11.3 Å². The van der Waals surface area contributed by atoms with Gasteiger partial charge in [-0.2, -0.15) is 0 Å². The van der Waals surface area contributed by atoms with Crippen LogP contribution in [0.4, 0.5) is 5.00 Å². The summed E-state index contributed by atoms with van der Waals surface area (Å²) >= 11 is 1.79. The van der Waals surface area contributed by atoms with E-state index in [1.165, 1.54) is 28.8 Å². The normalized spacial score (nSPS) is 23.0. The first-order valence-electron chi connectivity index (χ1n) is 9.98. The van der Waals surface area contributed by atoms with Crippen LogP contribution in [0.15, 0.2) is 30.3 Å². The molecule has 1 aromatic carbocycles. The van der Waals surface area contributed by atoms with E-state index in [-0.39, 0.29) is 18.1 Å². The van der Waals surface area contributed by atoms with Gasteiger partial charge in [0.25, 0.3) is 5.91 Å². The van der Waals surface area contributed by atoms with Crippen LogP contribution in [0, 0.1) is 0 Å². The summed E-state index contributed by atoms with van der Waals surface area (Å²) in [5.74, 6) is -0.0147. The fourth-order valence-corrected chi connectivity index (χ4v) is 5.60. The maximum Gasteiger partial charge on any atom is 0.256 e. The van der Waals surface area contributed by atoms with Crippen LogP contribution < -0.4 is 5.32 Å². The zero-order valence-electron chi connectivity index (χ0n) is 16.2. The summed E-state index contributed by atoms with van der Waals surface area (Å²) in [6.07, 6.45) is 5.29. The number of amides is 1. The van der Waals surface area contributed by atoms with Crippen LogP contribution in [0.3, 0.4) is 0 Å². The van der Waals surface area contributed by atoms with Gasteiger partial charge in [-0.1, -0.05) is 18.2 Å². The number of morpholine rings is 1. The van der Waals surface area contributed by atoms with Crippen molar-refractivity contribution in [3.8, 4) is 0 Å². The second-order valence-corrected chi connectivity index (χ2v) is 8.90. The predicted octanol–water partition coefficient (Wildman–Crippen LogP) is 4.49. The number of hydrogen-bond donors (Lipinski definition) is 1. The van der Waals surface area contributed by atoms with Crippen molar-refractivity contribution in [1.29, 1.82) is 0 Å². The van der Waals surface area contributed by atoms with E-state index >= 15 is 0 Å². The van der Waals surface area contributed by atoms with Crippen molar-refractivity contribution in [2.24, 2.45) is 0 Å². The minimum atomic E-state index is -0.0147. The number of rotatable bonds is 4. The standard InChI is InChI=1S/C22H28N2O2S/c1-15-12-24(13-16(2)26-15)14-19-18-10-6-7-11-20(18)27-22(19)23-21(25)17-8-4-3-5-9-17/h3-5,8-9,15-16H,6-7,10-14H2,1-2H3,(H,23,25)/t15-,16-/m0/s1. The van der Waals surface area contributed by atoms with Crippen LogP contribution in [-0.4, -0.2) is 36.1 Å². The molecular weight excluding hydrogens is 356 g/mol. The van der Waals surface area contributed by atoms with Crippen molar-refractivity contribution in [3.05, 3.63) is 51.9 Å². The average molecular weight is 385 g/mol. The lowest BCUT2D eigenvalue weighted by atomic mass is 9.95. The van der Waals surface area contributed by atoms with E-state index in [0.29, 0.717) is 5.56 Å². The zero-order valence-corrected chi connectivity index (χ0v) is 17.0. The van der Waals surface area contributed by atoms with Gasteiger partial charge in [0.05, 0.1) is 12.2 Å². The monoisotopic (exact) mass is 384 g/mol. The molecule has 2 atom stereocenters. The molecule has 0 radical (unpaired) electrons. The maximum atomic E-state index is 12.7. The number of aryl methyl sites for hydroxylation is 1. The second-order valence-electron chi connectivity index (χ2n) is 7.79. The van der Waals surface area contributed by atoms with Gasteiger partial charge in [-0.25, -0.2) is 0 Å². The molecule has 1 aromatic heterocycles. The van der Waals surface area contributed by atoms with Gasteiger partial charge in [-0.3, -0.25) is 9.69 Å². The third-order valence-corrected chi connectivity index (χ3v) is 6.67. The molecule has 0 bridgehead atoms. The lowest BCUT2D eigenvalue weighted by molar-refractivity contribution is -0.0704. The number of thiophene rings is 1. The molecule has 2 aromatic rings. The molecule has 4 rings (SSSR count). The number of anilines is 1. The molecule has 2 aliphatic rings. The van der Waals surface area contributed by atoms with Crippen molar-refractivity contribution >= 4 is 22.2 Å². The quantitative estimate of drug-likeness (QED) is 0.844. The molecule has 1 fully saturated rings. The van der Waals surface area contributed by atoms with Crippen LogP contribution in [0.1, 0.15) is 53.1 Å². The summed E-state index contributed by atoms with van der Waals surface area (Å²) in [5.41, 5.74) is 3.53. The summed E-state index contributed by atoms with van der Waals surface area (Å²) in [4.78, 5) is 16.7. The summed E-state index contributed by atoms with van der Waals surface area (Å²) in [7, 11) is 0. The molecule has 0 spiro atoms. The molecule has 4 nitrogen and oxygen atoms in total. The van der Waals surface area contributed by atoms with Crippen molar-refractivity contribution in [2.45, 2.75) is 58.3 Å². The molecule has 1 amide bonds. The van der Waals surface area contributed by atoms with Crippen molar-refractivity contribution in [2.75, 3.05) is 18.4 Å². The highest BCUT2D eigenvalue weighted by molar-refractivity contribution is 7.16. The number of nitrogens with one attached hydrogen (secondary N) is 1. The van der Waals surface area contributed by atoms with Crippen LogP contribution >= 0.6 is 11.3 Å². The highest BCUT2D eigenvalue weighted by atomic mass is 32.1. The minimum absolute atomic E-state index is 0.0147. The van der Waals surface area contributed by atoms with E-state index in [4.69, 9.17) is 4.74 Å². The largest absolute Gasteiger partial charge is 0.373 e. The van der Waals surface area contributed by atoms with Gasteiger partial charge < -0.3 is 10.1 Å². The Morgan fingerprint density at radius 1 is 1.15 bits per heavy atom. The highest BCUT2D eigenvalue weighted by Crippen LogP contribution is 2.39. The molecule has 1 N–H and O–H groups in total. The molecule has 144 valence electrons. The van der Waals surface area contributed by atoms with Gasteiger partial charge >= 0.3 is 0 Å². The summed E-state index contributed by atoms with van der Waals surface area (Å²) < 4.78 is 5.89. The number of carbonyl (C=O) groups is 1. The lowest BCUT2D eigenvalue weighted by Gasteiger charge is -2.35. The first-order chi connectivity index (χ1) is 13.1. The van der Waals surface area contributed by atoms with Crippen LogP contribution in [-0.2, 0) is 24.1 Å². The molecule has 1 saturated heterocycles. The summed E-state index contributed by atoms with van der Waals surface area (Å²) in [6, 6.07) is 9.49. The van der Waals surface area contributed by atoms with Crippen molar-refractivity contribution < 1.29 is 9.53 Å². The van der Waals surface area contributed by atoms with E-state index in [1.54, 1.807) is 11.3 Å². The van der Waals surface area contributed by atoms with Gasteiger partial charge in [0.15, 0.2) is 0 Å². The average Bonchev–Trinajstić information content (AvgIpc) is 2.99. The minimum Gasteiger partial charge on any atom is -0.373 e. The fourth-order valence-electron chi connectivity index (χ4n) is 4.30. The van der Waals surface area contributed by atoms with E-state index in [0.717, 1.165) is 37.5 Å². The Bertz CT molecular complexity index is 792. The van der Waals surface area contributed by atoms with Crippen LogP contribution in [0.25, 0.3) is 0 Å². The van der Waals surface area contributed by atoms with Crippen LogP contribution in [0.5, 0.6) is 0 Å². The van der Waals surface area contributed by atoms with E-state index < -0.39 is 0 Å². The number of carbonyl (C=O) groups excluding carboxylic acids is 1. The number of nitrogens with zero attached hydrogens (tertiary/aromatic N) is 1. The van der Waals surface area contributed by atoms with E-state index in [1.807, 2.05) is 30.3 Å². The Morgan fingerprint density at radius 3 is 2.59 bits per heavy atom. The van der Waals surface area contributed by atoms with Gasteiger partial charge in [0, 0.05) is 35.6 Å².